The first-order valence-corrected chi connectivity index (χ1v) is 10.8. The molecular formula is C23H44N2O. The van der Waals surface area contributed by atoms with E-state index in [9.17, 15) is 4.79 Å². The number of likely N-dealkylation sites (N-methyl/N-ethyl adjacent to an activating group) is 1. The van der Waals surface area contributed by atoms with Crippen LogP contribution in [0.5, 0.6) is 0 Å². The molecule has 1 aliphatic rings. The van der Waals surface area contributed by atoms with Crippen molar-refractivity contribution in [2.45, 2.75) is 86.6 Å². The van der Waals surface area contributed by atoms with Crippen LogP contribution in [-0.2, 0) is 4.79 Å². The monoisotopic (exact) mass is 364 g/mol. The summed E-state index contributed by atoms with van der Waals surface area (Å²) in [5.74, 6) is 1.80. The fraction of sp³-hybridized carbons (Fsp3) is 0.783. The zero-order valence-corrected chi connectivity index (χ0v) is 18.7. The van der Waals surface area contributed by atoms with Crippen molar-refractivity contribution in [1.82, 2.24) is 10.2 Å². The van der Waals surface area contributed by atoms with E-state index >= 15 is 0 Å². The van der Waals surface area contributed by atoms with E-state index in [2.05, 4.69) is 44.0 Å². The third kappa shape index (κ3) is 8.07. The molecule has 152 valence electrons. The van der Waals surface area contributed by atoms with Gasteiger partial charge >= 0.3 is 0 Å². The lowest BCUT2D eigenvalue weighted by molar-refractivity contribution is -0.115. The minimum absolute atomic E-state index is 0.274. The zero-order valence-electron chi connectivity index (χ0n) is 18.7. The van der Waals surface area contributed by atoms with Crippen LogP contribution >= 0.6 is 0 Å². The van der Waals surface area contributed by atoms with Crippen LogP contribution in [0.3, 0.4) is 0 Å². The minimum Gasteiger partial charge on any atom is -0.388 e. The molecular weight excluding hydrogens is 320 g/mol. The van der Waals surface area contributed by atoms with Crippen LogP contribution in [0.1, 0.15) is 80.6 Å². The molecule has 1 aliphatic heterocycles. The van der Waals surface area contributed by atoms with Gasteiger partial charge in [-0.3, -0.25) is 9.69 Å². The van der Waals surface area contributed by atoms with Gasteiger partial charge in [-0.1, -0.05) is 59.6 Å². The number of carbonyl (C=O) groups is 1. The van der Waals surface area contributed by atoms with Crippen molar-refractivity contribution in [3.63, 3.8) is 0 Å². The highest BCUT2D eigenvalue weighted by Gasteiger charge is 2.26. The van der Waals surface area contributed by atoms with Gasteiger partial charge in [-0.2, -0.15) is 0 Å². The summed E-state index contributed by atoms with van der Waals surface area (Å²) in [7, 11) is 1.90. The molecule has 0 aromatic rings. The lowest BCUT2D eigenvalue weighted by atomic mass is 9.87. The SMILES string of the molecule is C/C=C(NC)\C(=C/C(C)N1CCC(C)C(C)C1)C(=O)CCCCC.CC. The van der Waals surface area contributed by atoms with Crippen molar-refractivity contribution in [3.05, 3.63) is 23.4 Å². The summed E-state index contributed by atoms with van der Waals surface area (Å²) >= 11 is 0. The molecule has 1 N–H and O–H groups in total. The molecule has 3 unspecified atom stereocenters. The second kappa shape index (κ2) is 14.0. The van der Waals surface area contributed by atoms with E-state index in [-0.39, 0.29) is 5.78 Å². The molecule has 1 heterocycles. The Kier molecular flexibility index (Phi) is 13.4. The number of rotatable bonds is 9. The number of Topliss-reactive ketones (excluding diaryl/α,β-unsaturated/α-hetero) is 1. The molecule has 3 nitrogen and oxygen atoms in total. The molecule has 3 heteroatoms. The smallest absolute Gasteiger partial charge is 0.164 e. The molecule has 0 aromatic carbocycles. The number of hydrogen-bond acceptors (Lipinski definition) is 3. The van der Waals surface area contributed by atoms with Gasteiger partial charge in [0.1, 0.15) is 0 Å². The van der Waals surface area contributed by atoms with Crippen molar-refractivity contribution in [2.75, 3.05) is 20.1 Å². The first-order valence-electron chi connectivity index (χ1n) is 10.8. The van der Waals surface area contributed by atoms with Gasteiger partial charge in [0.25, 0.3) is 0 Å². The lowest BCUT2D eigenvalue weighted by Gasteiger charge is -2.38. The third-order valence-electron chi connectivity index (χ3n) is 5.51. The fourth-order valence-corrected chi connectivity index (χ4v) is 3.45. The maximum Gasteiger partial charge on any atom is 0.164 e. The summed E-state index contributed by atoms with van der Waals surface area (Å²) in [5.41, 5.74) is 1.83. The molecule has 1 rings (SSSR count). The van der Waals surface area contributed by atoms with Crippen LogP contribution in [0, 0.1) is 11.8 Å². The molecule has 3 atom stereocenters. The summed E-state index contributed by atoms with van der Waals surface area (Å²) < 4.78 is 0. The maximum absolute atomic E-state index is 12.7. The van der Waals surface area contributed by atoms with Gasteiger partial charge in [0.2, 0.25) is 0 Å². The summed E-state index contributed by atoms with van der Waals surface area (Å²) in [6.07, 6.45) is 9.36. The molecule has 0 radical (unpaired) electrons. The first-order chi connectivity index (χ1) is 12.4. The van der Waals surface area contributed by atoms with Crippen molar-refractivity contribution < 1.29 is 4.79 Å². The first kappa shape index (κ1) is 24.9. The number of allylic oxidation sites excluding steroid dienone is 2. The number of likely N-dealkylation sites (tertiary alicyclic amines) is 1. The molecule has 26 heavy (non-hydrogen) atoms. The van der Waals surface area contributed by atoms with Crippen molar-refractivity contribution in [2.24, 2.45) is 11.8 Å². The van der Waals surface area contributed by atoms with Crippen molar-refractivity contribution in [3.8, 4) is 0 Å². The van der Waals surface area contributed by atoms with Gasteiger partial charge in [0.05, 0.1) is 0 Å². The van der Waals surface area contributed by atoms with E-state index in [1.807, 2.05) is 33.9 Å². The molecule has 0 spiro atoms. The highest BCUT2D eigenvalue weighted by molar-refractivity contribution is 5.99. The number of ketones is 1. The normalized spacial score (nSPS) is 23.1. The Morgan fingerprint density at radius 3 is 2.38 bits per heavy atom. The van der Waals surface area contributed by atoms with Gasteiger partial charge in [-0.15, -0.1) is 0 Å². The number of unbranched alkanes of at least 4 members (excludes halogenated alkanes) is 2. The Hall–Kier alpha value is -1.09. The van der Waals surface area contributed by atoms with Crippen LogP contribution in [0.15, 0.2) is 23.4 Å². The highest BCUT2D eigenvalue weighted by Crippen LogP contribution is 2.25. The van der Waals surface area contributed by atoms with E-state index < -0.39 is 0 Å². The zero-order chi connectivity index (χ0) is 20.1. The predicted molar refractivity (Wildman–Crippen MR) is 115 cm³/mol. The summed E-state index contributed by atoms with van der Waals surface area (Å²) in [4.78, 5) is 15.3. The molecule has 0 saturated carbocycles. The van der Waals surface area contributed by atoms with E-state index in [4.69, 9.17) is 0 Å². The second-order valence-corrected chi connectivity index (χ2v) is 7.39. The summed E-state index contributed by atoms with van der Waals surface area (Å²) in [5, 5.41) is 3.20. The number of nitrogens with zero attached hydrogens (tertiary/aromatic N) is 1. The number of piperidine rings is 1. The van der Waals surface area contributed by atoms with E-state index in [1.165, 1.54) is 6.42 Å². The van der Waals surface area contributed by atoms with Crippen LogP contribution in [-0.4, -0.2) is 36.9 Å². The second-order valence-electron chi connectivity index (χ2n) is 7.39. The molecule has 0 aromatic heterocycles. The van der Waals surface area contributed by atoms with Crippen LogP contribution < -0.4 is 5.32 Å². The van der Waals surface area contributed by atoms with Gasteiger partial charge in [-0.25, -0.2) is 0 Å². The maximum atomic E-state index is 12.7. The average Bonchev–Trinajstić information content (AvgIpc) is 2.65. The molecule has 1 fully saturated rings. The number of nitrogens with one attached hydrogen (secondary N) is 1. The predicted octanol–water partition coefficient (Wildman–Crippen LogP) is 5.58. The standard InChI is InChI=1S/C21H38N2O.C2H6/c1-7-9-10-11-21(24)19(20(8-2)22-6)14-18(5)23-13-12-16(3)17(4)15-23;1-2/h8,14,16-18,22H,7,9-13,15H2,1-6H3;1-2H3/b19-14+,20-8+;. The third-order valence-corrected chi connectivity index (χ3v) is 5.51. The van der Waals surface area contributed by atoms with E-state index in [0.29, 0.717) is 12.5 Å². The number of hydrogen-bond donors (Lipinski definition) is 1. The topological polar surface area (TPSA) is 32.3 Å². The van der Waals surface area contributed by atoms with Gasteiger partial charge in [0.15, 0.2) is 5.78 Å². The van der Waals surface area contributed by atoms with Crippen LogP contribution in [0.2, 0.25) is 0 Å². The van der Waals surface area contributed by atoms with Gasteiger partial charge in [-0.05, 0) is 45.1 Å². The summed E-state index contributed by atoms with van der Waals surface area (Å²) in [6, 6.07) is 0.299. The molecule has 0 bridgehead atoms. The summed E-state index contributed by atoms with van der Waals surface area (Å²) in [6.45, 7) is 17.3. The Balaban J connectivity index is 0.00000301. The van der Waals surface area contributed by atoms with Crippen LogP contribution in [0.4, 0.5) is 0 Å². The Morgan fingerprint density at radius 2 is 1.88 bits per heavy atom. The van der Waals surface area contributed by atoms with Crippen molar-refractivity contribution in [1.29, 1.82) is 0 Å². The molecule has 0 amide bonds. The highest BCUT2D eigenvalue weighted by atomic mass is 16.1. The minimum atomic E-state index is 0.274. The Bertz CT molecular complexity index is 453. The average molecular weight is 365 g/mol. The largest absolute Gasteiger partial charge is 0.388 e. The molecule has 0 aliphatic carbocycles. The van der Waals surface area contributed by atoms with E-state index in [1.54, 1.807) is 0 Å². The Morgan fingerprint density at radius 1 is 1.23 bits per heavy atom. The van der Waals surface area contributed by atoms with Gasteiger partial charge < -0.3 is 5.32 Å². The fourth-order valence-electron chi connectivity index (χ4n) is 3.45. The van der Waals surface area contributed by atoms with E-state index in [0.717, 1.165) is 55.5 Å². The van der Waals surface area contributed by atoms with Crippen LogP contribution in [0.25, 0.3) is 0 Å². The van der Waals surface area contributed by atoms with Crippen molar-refractivity contribution >= 4 is 5.78 Å². The molecule has 1 saturated heterocycles. The quantitative estimate of drug-likeness (QED) is 0.329. The Labute approximate surface area is 163 Å². The van der Waals surface area contributed by atoms with Gasteiger partial charge in [0, 0.05) is 37.3 Å². The number of carbonyl (C=O) groups excluding carboxylic acids is 1. The lowest BCUT2D eigenvalue weighted by Crippen LogP contribution is -2.43.